The molecule has 0 aliphatic carbocycles. The minimum Gasteiger partial charge on any atom is -0.502 e. The van der Waals surface area contributed by atoms with Crippen molar-refractivity contribution in [3.8, 4) is 0 Å². The van der Waals surface area contributed by atoms with Crippen LogP contribution in [0.5, 0.6) is 0 Å². The summed E-state index contributed by atoms with van der Waals surface area (Å²) in [4.78, 5) is 11.6. The van der Waals surface area contributed by atoms with Crippen LogP contribution in [0.2, 0.25) is 0 Å². The van der Waals surface area contributed by atoms with Crippen molar-refractivity contribution in [2.45, 2.75) is 70.6 Å². The number of carbonyl (C=O) groups is 1. The molecular formula is C16H26O8. The molecule has 24 heavy (non-hydrogen) atoms. The number of aliphatic hydroxyl groups excluding tert-OH is 2. The van der Waals surface area contributed by atoms with E-state index in [-0.39, 0.29) is 13.2 Å². The molecule has 0 aromatic carbocycles. The lowest BCUT2D eigenvalue weighted by Gasteiger charge is -2.26. The van der Waals surface area contributed by atoms with E-state index in [0.717, 1.165) is 0 Å². The molecule has 0 radical (unpaired) electrons. The van der Waals surface area contributed by atoms with E-state index in [2.05, 4.69) is 0 Å². The van der Waals surface area contributed by atoms with E-state index in [1.165, 1.54) is 6.08 Å². The Labute approximate surface area is 141 Å². The molecule has 0 unspecified atom stereocenters. The van der Waals surface area contributed by atoms with Crippen molar-refractivity contribution in [3.63, 3.8) is 0 Å². The Morgan fingerprint density at radius 1 is 1.25 bits per heavy atom. The first-order valence-electron chi connectivity index (χ1n) is 7.98. The summed E-state index contributed by atoms with van der Waals surface area (Å²) >= 11 is 0. The molecule has 2 fully saturated rings. The fraction of sp³-hybridized carbons (Fsp3) is 0.812. The monoisotopic (exact) mass is 346 g/mol. The van der Waals surface area contributed by atoms with E-state index in [1.807, 2.05) is 0 Å². The number of rotatable bonds is 5. The normalized spacial score (nSPS) is 33.4. The third-order valence-electron chi connectivity index (χ3n) is 3.72. The molecule has 2 saturated heterocycles. The summed E-state index contributed by atoms with van der Waals surface area (Å²) in [5.41, 5.74) is 0. The maximum absolute atomic E-state index is 11.6. The zero-order chi connectivity index (χ0) is 18.1. The fourth-order valence-corrected chi connectivity index (χ4v) is 2.73. The molecule has 2 heterocycles. The minimum atomic E-state index is -1.07. The Morgan fingerprint density at radius 3 is 2.46 bits per heavy atom. The maximum atomic E-state index is 11.6. The quantitative estimate of drug-likeness (QED) is 0.432. The SMILES string of the molecule is CCOC(=O)/C(O)=C/[C@H]1OC(C)(C)O[C@H]1[C@H](O)[C@H]1COC(C)(C)O1. The molecule has 2 rings (SSSR count). The molecule has 2 aliphatic heterocycles. The second-order valence-corrected chi connectivity index (χ2v) is 6.69. The van der Waals surface area contributed by atoms with Crippen molar-refractivity contribution in [2.24, 2.45) is 0 Å². The average molecular weight is 346 g/mol. The van der Waals surface area contributed by atoms with Crippen LogP contribution in [0.25, 0.3) is 0 Å². The molecule has 2 N–H and O–H groups in total. The van der Waals surface area contributed by atoms with Crippen LogP contribution in [0.4, 0.5) is 0 Å². The predicted molar refractivity (Wildman–Crippen MR) is 82.1 cm³/mol. The Morgan fingerprint density at radius 2 is 1.92 bits per heavy atom. The molecule has 138 valence electrons. The zero-order valence-corrected chi connectivity index (χ0v) is 14.6. The van der Waals surface area contributed by atoms with Gasteiger partial charge in [-0.2, -0.15) is 0 Å². The van der Waals surface area contributed by atoms with Crippen LogP contribution in [0.3, 0.4) is 0 Å². The van der Waals surface area contributed by atoms with Gasteiger partial charge < -0.3 is 33.9 Å². The lowest BCUT2D eigenvalue weighted by Crippen LogP contribution is -2.44. The van der Waals surface area contributed by atoms with E-state index >= 15 is 0 Å². The summed E-state index contributed by atoms with van der Waals surface area (Å²) in [7, 11) is 0. The molecule has 0 saturated carbocycles. The molecule has 8 nitrogen and oxygen atoms in total. The van der Waals surface area contributed by atoms with Crippen LogP contribution < -0.4 is 0 Å². The fourth-order valence-electron chi connectivity index (χ4n) is 2.73. The summed E-state index contributed by atoms with van der Waals surface area (Å²) in [6.07, 6.45) is -2.17. The van der Waals surface area contributed by atoms with E-state index in [0.29, 0.717) is 0 Å². The largest absolute Gasteiger partial charge is 0.502 e. The summed E-state index contributed by atoms with van der Waals surface area (Å²) in [5, 5.41) is 20.4. The summed E-state index contributed by atoms with van der Waals surface area (Å²) in [6.45, 7) is 8.83. The Bertz CT molecular complexity index is 498. The minimum absolute atomic E-state index is 0.138. The molecule has 0 aromatic rings. The summed E-state index contributed by atoms with van der Waals surface area (Å²) in [6, 6.07) is 0. The van der Waals surface area contributed by atoms with E-state index < -0.39 is 47.7 Å². The molecule has 8 heteroatoms. The van der Waals surface area contributed by atoms with E-state index in [9.17, 15) is 15.0 Å². The van der Waals surface area contributed by atoms with Gasteiger partial charge in [-0.15, -0.1) is 0 Å². The van der Waals surface area contributed by atoms with Gasteiger partial charge in [0, 0.05) is 0 Å². The smallest absolute Gasteiger partial charge is 0.373 e. The van der Waals surface area contributed by atoms with Crippen molar-refractivity contribution in [1.29, 1.82) is 0 Å². The first kappa shape index (κ1) is 19.1. The molecule has 4 atom stereocenters. The van der Waals surface area contributed by atoms with Crippen molar-refractivity contribution in [3.05, 3.63) is 11.8 Å². The van der Waals surface area contributed by atoms with Gasteiger partial charge in [0.2, 0.25) is 0 Å². The second-order valence-electron chi connectivity index (χ2n) is 6.69. The first-order valence-corrected chi connectivity index (χ1v) is 7.98. The predicted octanol–water partition coefficient (Wildman–Crippen LogP) is 1.02. The number of hydrogen-bond acceptors (Lipinski definition) is 8. The lowest BCUT2D eigenvalue weighted by molar-refractivity contribution is -0.178. The van der Waals surface area contributed by atoms with Crippen LogP contribution in [-0.4, -0.2) is 65.4 Å². The summed E-state index contributed by atoms with van der Waals surface area (Å²) in [5.74, 6) is -3.24. The van der Waals surface area contributed by atoms with Crippen LogP contribution in [0, 0.1) is 0 Å². The standard InChI is InChI=1S/C16H26O8/c1-6-20-14(19)9(17)7-10-13(24-16(4,5)22-10)12(18)11-8-21-15(2,3)23-11/h7,10-13,17-18H,6,8H2,1-5H3/b9-7-/t10-,11-,12-,13-/m1/s1. The molecular weight excluding hydrogens is 320 g/mol. The van der Waals surface area contributed by atoms with Gasteiger partial charge in [0.25, 0.3) is 0 Å². The number of esters is 1. The van der Waals surface area contributed by atoms with Crippen molar-refractivity contribution < 1.29 is 38.7 Å². The van der Waals surface area contributed by atoms with Gasteiger partial charge in [-0.3, -0.25) is 0 Å². The van der Waals surface area contributed by atoms with Crippen molar-refractivity contribution in [2.75, 3.05) is 13.2 Å². The third kappa shape index (κ3) is 4.46. The van der Waals surface area contributed by atoms with Crippen molar-refractivity contribution in [1.82, 2.24) is 0 Å². The van der Waals surface area contributed by atoms with Crippen LogP contribution >= 0.6 is 0 Å². The maximum Gasteiger partial charge on any atom is 0.373 e. The van der Waals surface area contributed by atoms with Crippen LogP contribution in [0.1, 0.15) is 34.6 Å². The van der Waals surface area contributed by atoms with Crippen LogP contribution in [-0.2, 0) is 28.5 Å². The van der Waals surface area contributed by atoms with Gasteiger partial charge in [-0.1, -0.05) is 0 Å². The third-order valence-corrected chi connectivity index (χ3v) is 3.72. The van der Waals surface area contributed by atoms with Gasteiger partial charge in [0.1, 0.15) is 24.4 Å². The zero-order valence-electron chi connectivity index (χ0n) is 14.6. The van der Waals surface area contributed by atoms with Gasteiger partial charge in [0.05, 0.1) is 13.2 Å². The highest BCUT2D eigenvalue weighted by Crippen LogP contribution is 2.35. The van der Waals surface area contributed by atoms with Gasteiger partial charge in [0.15, 0.2) is 17.3 Å². The van der Waals surface area contributed by atoms with Crippen LogP contribution in [0.15, 0.2) is 11.8 Å². The highest BCUT2D eigenvalue weighted by molar-refractivity contribution is 5.85. The van der Waals surface area contributed by atoms with E-state index in [4.69, 9.17) is 23.7 Å². The first-order chi connectivity index (χ1) is 11.0. The number of hydrogen-bond donors (Lipinski definition) is 2. The summed E-state index contributed by atoms with van der Waals surface area (Å²) < 4.78 is 27.2. The van der Waals surface area contributed by atoms with Gasteiger partial charge in [-0.25, -0.2) is 4.79 Å². The number of aliphatic hydroxyl groups is 2. The highest BCUT2D eigenvalue weighted by atomic mass is 16.8. The molecule has 0 aromatic heterocycles. The lowest BCUT2D eigenvalue weighted by atomic mass is 10.0. The Hall–Kier alpha value is -1.19. The topological polar surface area (TPSA) is 104 Å². The Balaban J connectivity index is 2.14. The molecule has 0 bridgehead atoms. The van der Waals surface area contributed by atoms with Gasteiger partial charge in [-0.05, 0) is 40.7 Å². The second kappa shape index (κ2) is 6.97. The number of carbonyl (C=O) groups excluding carboxylic acids is 1. The molecule has 2 aliphatic rings. The van der Waals surface area contributed by atoms with Crippen molar-refractivity contribution >= 4 is 5.97 Å². The van der Waals surface area contributed by atoms with E-state index in [1.54, 1.807) is 34.6 Å². The number of ether oxygens (including phenoxy) is 5. The molecule has 0 amide bonds. The highest BCUT2D eigenvalue weighted by Gasteiger charge is 2.49. The Kier molecular flexibility index (Phi) is 5.56. The average Bonchev–Trinajstić information content (AvgIpc) is 2.97. The molecule has 0 spiro atoms. The van der Waals surface area contributed by atoms with Gasteiger partial charge >= 0.3 is 5.97 Å².